The summed E-state index contributed by atoms with van der Waals surface area (Å²) in [5.41, 5.74) is 0. The summed E-state index contributed by atoms with van der Waals surface area (Å²) in [6.45, 7) is -2.12. The quantitative estimate of drug-likeness (QED) is 0.442. The molecule has 0 saturated carbocycles. The van der Waals surface area contributed by atoms with E-state index in [4.69, 9.17) is 0 Å². The van der Waals surface area contributed by atoms with Crippen LogP contribution >= 0.6 is 0 Å². The first kappa shape index (κ1) is 11.4. The second kappa shape index (κ2) is 5.09. The van der Waals surface area contributed by atoms with Gasteiger partial charge in [0.05, 0.1) is 17.9 Å². The van der Waals surface area contributed by atoms with Gasteiger partial charge in [0.2, 0.25) is 0 Å². The number of aliphatic carboxylic acids is 3. The molecule has 0 amide bonds. The molecule has 0 aliphatic heterocycles. The van der Waals surface area contributed by atoms with E-state index in [-0.39, 0.29) is 4.90 Å². The maximum Gasteiger partial charge on any atom is 0.118 e. The monoisotopic (exact) mass is 189 g/mol. The lowest BCUT2D eigenvalue weighted by atomic mass is 10.4. The van der Waals surface area contributed by atoms with Gasteiger partial charge in [0.1, 0.15) is 19.6 Å². The third-order valence-corrected chi connectivity index (χ3v) is 1.18. The number of hydrogen-bond acceptors (Lipinski definition) is 6. The summed E-state index contributed by atoms with van der Waals surface area (Å²) in [5.74, 6) is -4.59. The average Bonchev–Trinajstić information content (AvgIpc) is 1.80. The van der Waals surface area contributed by atoms with Crippen LogP contribution in [0.3, 0.4) is 0 Å². The van der Waals surface area contributed by atoms with E-state index in [9.17, 15) is 29.7 Å². The number of hydrogen-bond donors (Lipinski definition) is 1. The van der Waals surface area contributed by atoms with Crippen molar-refractivity contribution in [1.82, 2.24) is 0 Å². The highest BCUT2D eigenvalue weighted by Crippen LogP contribution is 1.53. The van der Waals surface area contributed by atoms with Crippen LogP contribution in [0.4, 0.5) is 0 Å². The zero-order valence-corrected chi connectivity index (χ0v) is 6.57. The lowest BCUT2D eigenvalue weighted by Crippen LogP contribution is -3.15. The number of quaternary nitrogens is 1. The first-order valence-corrected chi connectivity index (χ1v) is 3.35. The Morgan fingerprint density at radius 3 is 1.15 bits per heavy atom. The number of nitrogens with one attached hydrogen (secondary N) is 1. The molecule has 0 fully saturated rings. The van der Waals surface area contributed by atoms with Crippen LogP contribution in [0.5, 0.6) is 0 Å². The Hall–Kier alpha value is -1.63. The first-order chi connectivity index (χ1) is 5.91. The molecule has 0 unspecified atom stereocenters. The van der Waals surface area contributed by atoms with Gasteiger partial charge in [0, 0.05) is 0 Å². The molecule has 0 aliphatic rings. The predicted molar refractivity (Wildman–Crippen MR) is 30.6 cm³/mol. The highest BCUT2D eigenvalue weighted by Gasteiger charge is 2.08. The highest BCUT2D eigenvalue weighted by atomic mass is 16.4. The molecular formula is C6H7NO6-2. The fourth-order valence-electron chi connectivity index (χ4n) is 0.800. The summed E-state index contributed by atoms with van der Waals surface area (Å²) in [7, 11) is 0. The van der Waals surface area contributed by atoms with Gasteiger partial charge in [0.25, 0.3) is 0 Å². The van der Waals surface area contributed by atoms with Gasteiger partial charge in [-0.25, -0.2) is 0 Å². The van der Waals surface area contributed by atoms with Crippen LogP contribution in [0.25, 0.3) is 0 Å². The summed E-state index contributed by atoms with van der Waals surface area (Å²) >= 11 is 0. The lowest BCUT2D eigenvalue weighted by Gasteiger charge is -2.20. The van der Waals surface area contributed by atoms with Crippen LogP contribution in [-0.4, -0.2) is 37.5 Å². The second-order valence-corrected chi connectivity index (χ2v) is 2.40. The maximum atomic E-state index is 10.0. The Morgan fingerprint density at radius 1 is 0.769 bits per heavy atom. The van der Waals surface area contributed by atoms with Crippen LogP contribution < -0.4 is 20.2 Å². The molecule has 7 heteroatoms. The van der Waals surface area contributed by atoms with Crippen LogP contribution in [0, 0.1) is 0 Å². The molecule has 1 N–H and O–H groups in total. The number of carboxylic acids is 3. The van der Waals surface area contributed by atoms with Crippen LogP contribution in [0.1, 0.15) is 0 Å². The maximum absolute atomic E-state index is 10.0. The van der Waals surface area contributed by atoms with Crippen LogP contribution in [-0.2, 0) is 14.4 Å². The van der Waals surface area contributed by atoms with Crippen molar-refractivity contribution in [2.75, 3.05) is 19.6 Å². The molecule has 0 spiro atoms. The summed E-state index contributed by atoms with van der Waals surface area (Å²) in [6.07, 6.45) is 0. The van der Waals surface area contributed by atoms with Crippen LogP contribution in [0.2, 0.25) is 0 Å². The van der Waals surface area contributed by atoms with E-state index in [1.807, 2.05) is 0 Å². The Morgan fingerprint density at radius 2 is 1.00 bits per heavy atom. The Kier molecular flexibility index (Phi) is 4.45. The van der Waals surface area contributed by atoms with E-state index >= 15 is 0 Å². The smallest absolute Gasteiger partial charge is 0.118 e. The zero-order valence-electron chi connectivity index (χ0n) is 6.57. The molecule has 0 aromatic rings. The molecule has 0 saturated heterocycles. The average molecular weight is 189 g/mol. The minimum absolute atomic E-state index is 0.208. The largest absolute Gasteiger partial charge is 0.544 e. The molecule has 0 rings (SSSR count). The lowest BCUT2D eigenvalue weighted by molar-refractivity contribution is -0.883. The fraction of sp³-hybridized carbons (Fsp3) is 0.500. The molecule has 0 atom stereocenters. The molecule has 0 aliphatic carbocycles. The summed E-state index contributed by atoms with van der Waals surface area (Å²) < 4.78 is 0. The van der Waals surface area contributed by atoms with Crippen molar-refractivity contribution in [3.05, 3.63) is 0 Å². The molecule has 0 bridgehead atoms. The molecule has 0 aromatic heterocycles. The van der Waals surface area contributed by atoms with Crippen molar-refractivity contribution in [3.8, 4) is 0 Å². The minimum atomic E-state index is -1.53. The minimum Gasteiger partial charge on any atom is -0.544 e. The molecule has 13 heavy (non-hydrogen) atoms. The Bertz CT molecular complexity index is 187. The SMILES string of the molecule is O=C([O-])C[NH+](CC(=O)[O-])CC(=O)[O-]. The zero-order chi connectivity index (χ0) is 10.4. The number of carbonyl (C=O) groups is 3. The van der Waals surface area contributed by atoms with E-state index in [2.05, 4.69) is 0 Å². The van der Waals surface area contributed by atoms with E-state index in [1.165, 1.54) is 0 Å². The van der Waals surface area contributed by atoms with Gasteiger partial charge in [0.15, 0.2) is 0 Å². The van der Waals surface area contributed by atoms with Crippen LogP contribution in [0.15, 0.2) is 0 Å². The van der Waals surface area contributed by atoms with Gasteiger partial charge < -0.3 is 34.6 Å². The van der Waals surface area contributed by atoms with Gasteiger partial charge in [-0.1, -0.05) is 0 Å². The van der Waals surface area contributed by atoms with Gasteiger partial charge >= 0.3 is 0 Å². The predicted octanol–water partition coefficient (Wildman–Crippen LogP) is -6.88. The molecule has 0 aromatic carbocycles. The third kappa shape index (κ3) is 6.76. The summed E-state index contributed by atoms with van der Waals surface area (Å²) in [6, 6.07) is 0. The molecule has 0 radical (unpaired) electrons. The van der Waals surface area contributed by atoms with Gasteiger partial charge in [-0.2, -0.15) is 0 Å². The van der Waals surface area contributed by atoms with Crippen molar-refractivity contribution in [2.24, 2.45) is 0 Å². The van der Waals surface area contributed by atoms with E-state index in [1.54, 1.807) is 0 Å². The van der Waals surface area contributed by atoms with Crippen molar-refractivity contribution in [1.29, 1.82) is 0 Å². The molecular weight excluding hydrogens is 182 g/mol. The van der Waals surface area contributed by atoms with Crippen molar-refractivity contribution in [3.63, 3.8) is 0 Å². The van der Waals surface area contributed by atoms with Gasteiger partial charge in [-0.05, 0) is 0 Å². The molecule has 74 valence electrons. The van der Waals surface area contributed by atoms with E-state index < -0.39 is 37.5 Å². The number of carbonyl (C=O) groups excluding carboxylic acids is 3. The standard InChI is InChI=1S/C6H9NO6/c8-4(9)1-7(2-5(10)11)3-6(12)13/h1-3H2,(H,8,9)(H,10,11)(H,12,13)/p-2. The number of rotatable bonds is 6. The van der Waals surface area contributed by atoms with E-state index in [0.29, 0.717) is 0 Å². The third-order valence-electron chi connectivity index (χ3n) is 1.18. The first-order valence-electron chi connectivity index (χ1n) is 3.35. The number of carboxylic acid groups (broad SMARTS) is 3. The van der Waals surface area contributed by atoms with Crippen molar-refractivity contribution >= 4 is 17.9 Å². The highest BCUT2D eigenvalue weighted by molar-refractivity contribution is 5.69. The Balaban J connectivity index is 4.10. The summed E-state index contributed by atoms with van der Waals surface area (Å²) in [4.78, 5) is 29.8. The Labute approximate surface area is 73.2 Å². The molecule has 7 nitrogen and oxygen atoms in total. The van der Waals surface area contributed by atoms with Crippen molar-refractivity contribution < 1.29 is 34.6 Å². The normalized spacial score (nSPS) is 9.92. The fourth-order valence-corrected chi connectivity index (χ4v) is 0.800. The molecule has 0 heterocycles. The van der Waals surface area contributed by atoms with Gasteiger partial charge in [-0.15, -0.1) is 0 Å². The van der Waals surface area contributed by atoms with Gasteiger partial charge in [-0.3, -0.25) is 0 Å². The second-order valence-electron chi connectivity index (χ2n) is 2.40. The van der Waals surface area contributed by atoms with E-state index in [0.717, 1.165) is 0 Å². The van der Waals surface area contributed by atoms with Crippen molar-refractivity contribution in [2.45, 2.75) is 0 Å². The topological polar surface area (TPSA) is 125 Å². The summed E-state index contributed by atoms with van der Waals surface area (Å²) in [5, 5.41) is 30.0.